The number of non-ortho nitro benzene ring substituents is 1. The van der Waals surface area contributed by atoms with E-state index < -0.39 is 28.7 Å². The van der Waals surface area contributed by atoms with Crippen molar-refractivity contribution in [1.29, 1.82) is 0 Å². The number of carbonyl (C=O) groups is 4. The lowest BCUT2D eigenvalue weighted by Crippen LogP contribution is -2.54. The summed E-state index contributed by atoms with van der Waals surface area (Å²) in [6, 6.07) is 13.5. The Hall–Kier alpha value is -4.50. The second kappa shape index (κ2) is 12.8. The average molecular weight is 691 g/mol. The summed E-state index contributed by atoms with van der Waals surface area (Å²) in [5, 5.41) is 16.3. The van der Waals surface area contributed by atoms with E-state index in [0.29, 0.717) is 24.7 Å². The van der Waals surface area contributed by atoms with Crippen molar-refractivity contribution in [2.45, 2.75) is 6.92 Å². The van der Waals surface area contributed by atoms with Gasteiger partial charge in [0, 0.05) is 22.8 Å². The van der Waals surface area contributed by atoms with Crippen molar-refractivity contribution in [1.82, 2.24) is 5.32 Å². The molecule has 2 N–H and O–H groups in total. The molecule has 41 heavy (non-hydrogen) atoms. The molecule has 0 spiro atoms. The fraction of sp³-hybridized carbons (Fsp3) is 0.111. The number of benzene rings is 3. The van der Waals surface area contributed by atoms with Gasteiger partial charge in [-0.05, 0) is 89.7 Å². The normalized spacial score (nSPS) is 14.1. The molecular formula is C27H20ClIN4O8. The Balaban J connectivity index is 1.57. The Bertz CT molecular complexity index is 1580. The third-order valence-corrected chi connectivity index (χ3v) is 6.59. The molecule has 4 rings (SSSR count). The highest BCUT2D eigenvalue weighted by molar-refractivity contribution is 14.1. The molecule has 1 aliphatic rings. The second-order valence-electron chi connectivity index (χ2n) is 8.34. The molecule has 5 amide bonds. The average Bonchev–Trinajstić information content (AvgIpc) is 2.92. The first-order valence-electron chi connectivity index (χ1n) is 11.9. The third-order valence-electron chi connectivity index (χ3n) is 5.54. The Labute approximate surface area is 251 Å². The quantitative estimate of drug-likeness (QED) is 0.105. The van der Waals surface area contributed by atoms with Gasteiger partial charge in [0.25, 0.3) is 23.4 Å². The minimum absolute atomic E-state index is 0.0433. The van der Waals surface area contributed by atoms with Gasteiger partial charge in [0.15, 0.2) is 18.1 Å². The number of hydrogen-bond donors (Lipinski definition) is 2. The molecule has 1 heterocycles. The number of urea groups is 1. The molecule has 3 aromatic rings. The van der Waals surface area contributed by atoms with E-state index in [9.17, 15) is 29.3 Å². The molecular weight excluding hydrogens is 671 g/mol. The smallest absolute Gasteiger partial charge is 0.335 e. The van der Waals surface area contributed by atoms with Crippen LogP contribution in [-0.4, -0.2) is 41.9 Å². The van der Waals surface area contributed by atoms with Crippen molar-refractivity contribution in [3.05, 3.63) is 90.5 Å². The van der Waals surface area contributed by atoms with Crippen LogP contribution in [0.3, 0.4) is 0 Å². The molecule has 0 unspecified atom stereocenters. The van der Waals surface area contributed by atoms with Gasteiger partial charge >= 0.3 is 6.03 Å². The Kier molecular flexibility index (Phi) is 9.19. The van der Waals surface area contributed by atoms with Gasteiger partial charge in [-0.3, -0.25) is 29.8 Å². The third kappa shape index (κ3) is 6.99. The highest BCUT2D eigenvalue weighted by Crippen LogP contribution is 2.35. The fourth-order valence-electron chi connectivity index (χ4n) is 3.72. The van der Waals surface area contributed by atoms with Gasteiger partial charge in [0.2, 0.25) is 0 Å². The first-order chi connectivity index (χ1) is 19.6. The number of hydrogen-bond acceptors (Lipinski definition) is 8. The second-order valence-corrected chi connectivity index (χ2v) is 9.94. The highest BCUT2D eigenvalue weighted by Gasteiger charge is 2.37. The molecule has 0 aromatic heterocycles. The summed E-state index contributed by atoms with van der Waals surface area (Å²) >= 11 is 7.84. The van der Waals surface area contributed by atoms with Crippen molar-refractivity contribution in [3.8, 4) is 11.5 Å². The molecule has 3 aromatic carbocycles. The molecule has 0 bridgehead atoms. The fourth-order valence-corrected chi connectivity index (χ4v) is 4.63. The van der Waals surface area contributed by atoms with E-state index in [1.165, 1.54) is 24.3 Å². The van der Waals surface area contributed by atoms with Gasteiger partial charge in [0.1, 0.15) is 5.57 Å². The number of imide groups is 2. The number of ether oxygens (including phenoxy) is 2. The number of barbiturate groups is 1. The maximum atomic E-state index is 13.2. The summed E-state index contributed by atoms with van der Waals surface area (Å²) in [5.74, 6) is -1.71. The van der Waals surface area contributed by atoms with E-state index in [1.807, 2.05) is 22.6 Å². The molecule has 14 heteroatoms. The van der Waals surface area contributed by atoms with Gasteiger partial charge in [-0.15, -0.1) is 0 Å². The largest absolute Gasteiger partial charge is 0.490 e. The summed E-state index contributed by atoms with van der Waals surface area (Å²) in [6.45, 7) is 1.68. The number of nitro groups is 1. The predicted octanol–water partition coefficient (Wildman–Crippen LogP) is 4.94. The van der Waals surface area contributed by atoms with Gasteiger partial charge in [0.05, 0.1) is 20.8 Å². The van der Waals surface area contributed by atoms with E-state index in [4.69, 9.17) is 21.1 Å². The van der Waals surface area contributed by atoms with Gasteiger partial charge < -0.3 is 14.8 Å². The Morgan fingerprint density at radius 1 is 1.10 bits per heavy atom. The number of halogens is 2. The summed E-state index contributed by atoms with van der Waals surface area (Å²) in [4.78, 5) is 61.7. The molecule has 0 radical (unpaired) electrons. The zero-order valence-electron chi connectivity index (χ0n) is 21.2. The standard InChI is InChI=1S/C27H20ClIN4O8/c1-2-40-22-13-15(12-21(29)24(22)41-14-23(34)30-17-5-3-16(28)4-6-17)11-20-25(35)31-27(37)32(26(20)36)18-7-9-19(10-8-18)33(38)39/h3-13H,2,14H2,1H3,(H,30,34)(H,31,35,37)/b20-11+. The van der Waals surface area contributed by atoms with E-state index >= 15 is 0 Å². The molecule has 0 saturated carbocycles. The lowest BCUT2D eigenvalue weighted by Gasteiger charge is -2.26. The highest BCUT2D eigenvalue weighted by atomic mass is 127. The molecule has 210 valence electrons. The van der Waals surface area contributed by atoms with Crippen molar-refractivity contribution in [2.75, 3.05) is 23.4 Å². The van der Waals surface area contributed by atoms with Crippen molar-refractivity contribution in [3.63, 3.8) is 0 Å². The van der Waals surface area contributed by atoms with Crippen LogP contribution < -0.4 is 25.0 Å². The van der Waals surface area contributed by atoms with Gasteiger partial charge in [-0.2, -0.15) is 0 Å². The van der Waals surface area contributed by atoms with Crippen LogP contribution in [0.5, 0.6) is 11.5 Å². The van der Waals surface area contributed by atoms with Crippen molar-refractivity contribution in [2.24, 2.45) is 0 Å². The first-order valence-corrected chi connectivity index (χ1v) is 13.3. The minimum Gasteiger partial charge on any atom is -0.490 e. The van der Waals surface area contributed by atoms with E-state index in [2.05, 4.69) is 10.6 Å². The molecule has 1 saturated heterocycles. The minimum atomic E-state index is -0.990. The van der Waals surface area contributed by atoms with Crippen LogP contribution in [0, 0.1) is 13.7 Å². The lowest BCUT2D eigenvalue weighted by molar-refractivity contribution is -0.384. The van der Waals surface area contributed by atoms with Crippen LogP contribution in [-0.2, 0) is 14.4 Å². The number of amides is 5. The maximum Gasteiger partial charge on any atom is 0.335 e. The molecule has 0 aliphatic carbocycles. The number of nitrogens with one attached hydrogen (secondary N) is 2. The van der Waals surface area contributed by atoms with Crippen LogP contribution in [0.15, 0.2) is 66.2 Å². The first kappa shape index (κ1) is 29.5. The lowest BCUT2D eigenvalue weighted by atomic mass is 10.1. The van der Waals surface area contributed by atoms with Gasteiger partial charge in [-0.1, -0.05) is 11.6 Å². The number of nitro benzene ring substituents is 1. The molecule has 0 atom stereocenters. The number of carbonyl (C=O) groups excluding carboxylic acids is 4. The number of rotatable bonds is 9. The summed E-state index contributed by atoms with van der Waals surface area (Å²) in [5.41, 5.74) is 0.390. The summed E-state index contributed by atoms with van der Waals surface area (Å²) in [6.07, 6.45) is 1.28. The van der Waals surface area contributed by atoms with Crippen molar-refractivity contribution >= 4 is 81.1 Å². The Morgan fingerprint density at radius 3 is 2.41 bits per heavy atom. The van der Waals surface area contributed by atoms with E-state index in [1.54, 1.807) is 37.3 Å². The van der Waals surface area contributed by atoms with E-state index in [-0.39, 0.29) is 41.7 Å². The van der Waals surface area contributed by atoms with Crippen LogP contribution >= 0.6 is 34.2 Å². The zero-order valence-corrected chi connectivity index (χ0v) is 24.1. The molecule has 1 fully saturated rings. The van der Waals surface area contributed by atoms with Crippen LogP contribution in [0.4, 0.5) is 21.9 Å². The van der Waals surface area contributed by atoms with Crippen LogP contribution in [0.1, 0.15) is 12.5 Å². The number of nitrogens with zero attached hydrogens (tertiary/aromatic N) is 2. The molecule has 12 nitrogen and oxygen atoms in total. The predicted molar refractivity (Wildman–Crippen MR) is 158 cm³/mol. The monoisotopic (exact) mass is 690 g/mol. The van der Waals surface area contributed by atoms with Crippen LogP contribution in [0.25, 0.3) is 6.08 Å². The summed E-state index contributed by atoms with van der Waals surface area (Å²) < 4.78 is 12.0. The molecule has 1 aliphatic heterocycles. The topological polar surface area (TPSA) is 157 Å². The maximum absolute atomic E-state index is 13.2. The van der Waals surface area contributed by atoms with E-state index in [0.717, 1.165) is 12.1 Å². The zero-order chi connectivity index (χ0) is 29.7. The van der Waals surface area contributed by atoms with Crippen LogP contribution in [0.2, 0.25) is 5.02 Å². The number of anilines is 2. The summed E-state index contributed by atoms with van der Waals surface area (Å²) in [7, 11) is 0. The Morgan fingerprint density at radius 2 is 1.78 bits per heavy atom. The van der Waals surface area contributed by atoms with Gasteiger partial charge in [-0.25, -0.2) is 9.69 Å². The SMILES string of the molecule is CCOc1cc(/C=C2\C(=O)NC(=O)N(c3ccc([N+](=O)[O-])cc3)C2=O)cc(I)c1OCC(=O)Nc1ccc(Cl)cc1. The van der Waals surface area contributed by atoms with Crippen molar-refractivity contribution < 1.29 is 33.6 Å².